The van der Waals surface area contributed by atoms with Crippen LogP contribution in [-0.2, 0) is 14.8 Å². The maximum Gasteiger partial charge on any atom is 0.231 e. The van der Waals surface area contributed by atoms with Gasteiger partial charge in [-0.1, -0.05) is 12.1 Å². The molecule has 1 fully saturated rings. The average molecular weight is 311 g/mol. The van der Waals surface area contributed by atoms with Crippen molar-refractivity contribution in [2.75, 3.05) is 29.4 Å². The largest absolute Gasteiger partial charge is 0.324 e. The molecule has 0 bridgehead atoms. The molecule has 1 atom stereocenters. The second-order valence-corrected chi connectivity index (χ2v) is 7.46. The maximum atomic E-state index is 12.5. The zero-order valence-corrected chi connectivity index (χ0v) is 13.1. The standard InChI is InChI=1S/C14H21N3O3S/c1-14(8-5-9-15-10-14)13(18)16-11-6-3-4-7-12(11)17-21(2,19)20/h3-4,6-7,15,17H,5,8-10H2,1-2H3,(H,16,18). The van der Waals surface area contributed by atoms with Crippen molar-refractivity contribution in [1.29, 1.82) is 0 Å². The smallest absolute Gasteiger partial charge is 0.231 e. The van der Waals surface area contributed by atoms with E-state index in [9.17, 15) is 13.2 Å². The zero-order valence-electron chi connectivity index (χ0n) is 12.3. The fourth-order valence-corrected chi connectivity index (χ4v) is 2.98. The van der Waals surface area contributed by atoms with Crippen molar-refractivity contribution in [3.63, 3.8) is 0 Å². The first-order chi connectivity index (χ1) is 9.80. The second kappa shape index (κ2) is 6.03. The van der Waals surface area contributed by atoms with E-state index in [1.165, 1.54) is 0 Å². The molecule has 6 nitrogen and oxygen atoms in total. The number of rotatable bonds is 4. The van der Waals surface area contributed by atoms with Crippen LogP contribution in [0.3, 0.4) is 0 Å². The van der Waals surface area contributed by atoms with Crippen LogP contribution in [0.15, 0.2) is 24.3 Å². The van der Waals surface area contributed by atoms with Crippen LogP contribution < -0.4 is 15.4 Å². The summed E-state index contributed by atoms with van der Waals surface area (Å²) in [4.78, 5) is 12.5. The van der Waals surface area contributed by atoms with Gasteiger partial charge in [-0.3, -0.25) is 9.52 Å². The van der Waals surface area contributed by atoms with Gasteiger partial charge in [-0.05, 0) is 38.4 Å². The van der Waals surface area contributed by atoms with Crippen molar-refractivity contribution in [3.8, 4) is 0 Å². The number of carbonyl (C=O) groups is 1. The molecule has 0 aliphatic carbocycles. The summed E-state index contributed by atoms with van der Waals surface area (Å²) in [5, 5.41) is 6.06. The van der Waals surface area contributed by atoms with Crippen molar-refractivity contribution in [3.05, 3.63) is 24.3 Å². The normalized spacial score (nSPS) is 22.6. The minimum atomic E-state index is -3.39. The molecule has 1 unspecified atom stereocenters. The highest BCUT2D eigenvalue weighted by molar-refractivity contribution is 7.92. The molecule has 21 heavy (non-hydrogen) atoms. The van der Waals surface area contributed by atoms with Gasteiger partial charge in [0, 0.05) is 6.54 Å². The lowest BCUT2D eigenvalue weighted by Gasteiger charge is -2.32. The van der Waals surface area contributed by atoms with E-state index in [2.05, 4.69) is 15.4 Å². The maximum absolute atomic E-state index is 12.5. The molecule has 0 spiro atoms. The van der Waals surface area contributed by atoms with Crippen molar-refractivity contribution in [2.24, 2.45) is 5.41 Å². The molecular formula is C14H21N3O3S. The Labute approximate surface area is 125 Å². The lowest BCUT2D eigenvalue weighted by Crippen LogP contribution is -2.46. The summed E-state index contributed by atoms with van der Waals surface area (Å²) in [6, 6.07) is 6.78. The molecule has 1 aromatic carbocycles. The quantitative estimate of drug-likeness (QED) is 0.784. The Morgan fingerprint density at radius 2 is 1.95 bits per heavy atom. The summed E-state index contributed by atoms with van der Waals surface area (Å²) in [6.07, 6.45) is 2.85. The van der Waals surface area contributed by atoms with E-state index >= 15 is 0 Å². The van der Waals surface area contributed by atoms with E-state index < -0.39 is 15.4 Å². The Morgan fingerprint density at radius 3 is 2.52 bits per heavy atom. The van der Waals surface area contributed by atoms with Crippen LogP contribution in [0.1, 0.15) is 19.8 Å². The van der Waals surface area contributed by atoms with Crippen LogP contribution in [0.25, 0.3) is 0 Å². The topological polar surface area (TPSA) is 87.3 Å². The van der Waals surface area contributed by atoms with Gasteiger partial charge in [0.15, 0.2) is 0 Å². The number of piperidine rings is 1. The van der Waals surface area contributed by atoms with Gasteiger partial charge in [-0.15, -0.1) is 0 Å². The van der Waals surface area contributed by atoms with Gasteiger partial charge in [-0.25, -0.2) is 8.42 Å². The minimum Gasteiger partial charge on any atom is -0.324 e. The molecule has 0 saturated carbocycles. The van der Waals surface area contributed by atoms with Gasteiger partial charge >= 0.3 is 0 Å². The Morgan fingerprint density at radius 1 is 1.29 bits per heavy atom. The number of benzene rings is 1. The van der Waals surface area contributed by atoms with Crippen LogP contribution in [-0.4, -0.2) is 33.7 Å². The Bertz CT molecular complexity index is 622. The molecule has 116 valence electrons. The molecule has 1 saturated heterocycles. The first-order valence-corrected chi connectivity index (χ1v) is 8.78. The number of sulfonamides is 1. The van der Waals surface area contributed by atoms with Crippen molar-refractivity contribution >= 4 is 27.3 Å². The van der Waals surface area contributed by atoms with Gasteiger partial charge in [0.05, 0.1) is 23.0 Å². The average Bonchev–Trinajstić information content (AvgIpc) is 2.40. The first kappa shape index (κ1) is 15.8. The van der Waals surface area contributed by atoms with E-state index in [1.54, 1.807) is 24.3 Å². The van der Waals surface area contributed by atoms with Gasteiger partial charge in [0.2, 0.25) is 15.9 Å². The van der Waals surface area contributed by atoms with E-state index in [-0.39, 0.29) is 5.91 Å². The van der Waals surface area contributed by atoms with Crippen molar-refractivity contribution in [1.82, 2.24) is 5.32 Å². The predicted molar refractivity (Wildman–Crippen MR) is 83.7 cm³/mol. The molecule has 1 aromatic rings. The van der Waals surface area contributed by atoms with E-state index in [1.807, 2.05) is 6.92 Å². The van der Waals surface area contributed by atoms with Crippen LogP contribution in [0.5, 0.6) is 0 Å². The van der Waals surface area contributed by atoms with Gasteiger partial charge < -0.3 is 10.6 Å². The third-order valence-corrected chi connectivity index (χ3v) is 4.21. The third-order valence-electron chi connectivity index (χ3n) is 3.62. The molecule has 2 rings (SSSR count). The second-order valence-electron chi connectivity index (χ2n) is 5.71. The molecule has 1 heterocycles. The Balaban J connectivity index is 2.17. The third kappa shape index (κ3) is 4.18. The summed E-state index contributed by atoms with van der Waals surface area (Å²) < 4.78 is 25.2. The summed E-state index contributed by atoms with van der Waals surface area (Å²) >= 11 is 0. The molecule has 1 aliphatic heterocycles. The van der Waals surface area contributed by atoms with Crippen molar-refractivity contribution in [2.45, 2.75) is 19.8 Å². The molecule has 0 aromatic heterocycles. The number of para-hydroxylation sites is 2. The molecular weight excluding hydrogens is 290 g/mol. The molecule has 1 amide bonds. The van der Waals surface area contributed by atoms with Gasteiger partial charge in [0.25, 0.3) is 0 Å². The van der Waals surface area contributed by atoms with Crippen LogP contribution in [0.4, 0.5) is 11.4 Å². The number of carbonyl (C=O) groups excluding carboxylic acids is 1. The zero-order chi connectivity index (χ0) is 15.5. The highest BCUT2D eigenvalue weighted by Gasteiger charge is 2.34. The van der Waals surface area contributed by atoms with Gasteiger partial charge in [-0.2, -0.15) is 0 Å². The number of anilines is 2. The highest BCUT2D eigenvalue weighted by Crippen LogP contribution is 2.29. The number of nitrogens with one attached hydrogen (secondary N) is 3. The molecule has 3 N–H and O–H groups in total. The predicted octanol–water partition coefficient (Wildman–Crippen LogP) is 1.39. The Kier molecular flexibility index (Phi) is 4.53. The SMILES string of the molecule is CC1(C(=O)Nc2ccccc2NS(C)(=O)=O)CCCNC1. The van der Waals surface area contributed by atoms with E-state index in [0.29, 0.717) is 17.9 Å². The van der Waals surface area contributed by atoms with Crippen LogP contribution in [0, 0.1) is 5.41 Å². The fourth-order valence-electron chi connectivity index (χ4n) is 2.40. The first-order valence-electron chi connectivity index (χ1n) is 6.89. The summed E-state index contributed by atoms with van der Waals surface area (Å²) in [5.74, 6) is -0.0996. The summed E-state index contributed by atoms with van der Waals surface area (Å²) in [6.45, 7) is 3.47. The number of hydrogen-bond donors (Lipinski definition) is 3. The van der Waals surface area contributed by atoms with Gasteiger partial charge in [0.1, 0.15) is 0 Å². The monoisotopic (exact) mass is 311 g/mol. The molecule has 0 radical (unpaired) electrons. The lowest BCUT2D eigenvalue weighted by atomic mass is 9.82. The number of amides is 1. The van der Waals surface area contributed by atoms with Crippen LogP contribution in [0.2, 0.25) is 0 Å². The number of hydrogen-bond acceptors (Lipinski definition) is 4. The fraction of sp³-hybridized carbons (Fsp3) is 0.500. The van der Waals surface area contributed by atoms with Crippen molar-refractivity contribution < 1.29 is 13.2 Å². The molecule has 7 heteroatoms. The summed E-state index contributed by atoms with van der Waals surface area (Å²) in [5.41, 5.74) is 0.372. The summed E-state index contributed by atoms with van der Waals surface area (Å²) in [7, 11) is -3.39. The molecule has 1 aliphatic rings. The van der Waals surface area contributed by atoms with Crippen LogP contribution >= 0.6 is 0 Å². The van der Waals surface area contributed by atoms with E-state index in [0.717, 1.165) is 25.6 Å². The Hall–Kier alpha value is -1.60. The van der Waals surface area contributed by atoms with E-state index in [4.69, 9.17) is 0 Å². The minimum absolute atomic E-state index is 0.0996. The highest BCUT2D eigenvalue weighted by atomic mass is 32.2. The lowest BCUT2D eigenvalue weighted by molar-refractivity contribution is -0.125.